The number of carboxylic acids is 2. The van der Waals surface area contributed by atoms with Crippen molar-refractivity contribution >= 4 is 54.5 Å². The van der Waals surface area contributed by atoms with Gasteiger partial charge >= 0.3 is 130 Å². The normalized spacial score (nSPS) is 12.9. The van der Waals surface area contributed by atoms with Crippen LogP contribution in [0.5, 0.6) is 0 Å². The molecule has 0 aliphatic heterocycles. The number of esters is 2. The van der Waals surface area contributed by atoms with Crippen LogP contribution < -0.4 is 128 Å². The average molecular weight is 975 g/mol. The maximum atomic E-state index is 12.1. The van der Waals surface area contributed by atoms with Crippen LogP contribution in [0.15, 0.2) is 0 Å². The molecule has 0 aromatic carbocycles. The Labute approximate surface area is 454 Å². The quantitative estimate of drug-likeness (QED) is 0.0215. The molecule has 4 atom stereocenters. The number of carbonyl (C=O) groups is 4. The minimum atomic E-state index is -5.01. The van der Waals surface area contributed by atoms with E-state index < -0.39 is 77.9 Å². The Balaban J connectivity index is -0.000000152. The van der Waals surface area contributed by atoms with Gasteiger partial charge in [0.25, 0.3) is 10.1 Å². The van der Waals surface area contributed by atoms with Crippen molar-refractivity contribution in [2.75, 3.05) is 19.8 Å². The van der Waals surface area contributed by atoms with Crippen molar-refractivity contribution in [3.8, 4) is 0 Å². The van der Waals surface area contributed by atoms with E-state index >= 15 is 0 Å². The Hall–Kier alpha value is 1.57. The maximum Gasteiger partial charge on any atom is 1.00 e. The maximum absolute atomic E-state index is 12.1. The van der Waals surface area contributed by atoms with E-state index in [9.17, 15) is 63.8 Å². The molecule has 340 valence electrons. The van der Waals surface area contributed by atoms with Crippen molar-refractivity contribution in [3.05, 3.63) is 0 Å². The van der Waals surface area contributed by atoms with Crippen LogP contribution in [0.4, 0.5) is 0 Å². The zero-order valence-corrected chi connectivity index (χ0v) is 48.6. The molecule has 0 spiro atoms. The number of hydrogen-bond donors (Lipinski definition) is 1. The predicted octanol–water partition coefficient (Wildman–Crippen LogP) is -8.66. The molecule has 18 nitrogen and oxygen atoms in total. The molecule has 25 heteroatoms. The molecule has 0 saturated carbocycles. The van der Waals surface area contributed by atoms with Gasteiger partial charge < -0.3 is 38.4 Å². The zero-order valence-electron chi connectivity index (χ0n) is 38.2. The van der Waals surface area contributed by atoms with Crippen molar-refractivity contribution in [2.24, 2.45) is 11.8 Å². The van der Waals surface area contributed by atoms with Crippen LogP contribution in [0.25, 0.3) is 0 Å². The summed E-state index contributed by atoms with van der Waals surface area (Å²) in [6.45, 7) is 10.5. The molecule has 0 heterocycles. The van der Waals surface area contributed by atoms with Crippen molar-refractivity contribution < 1.29 is 200 Å². The second kappa shape index (κ2) is 46.7. The Morgan fingerprint density at radius 2 is 0.951 bits per heavy atom. The third-order valence-corrected chi connectivity index (χ3v) is 11.3. The van der Waals surface area contributed by atoms with E-state index in [1.807, 2.05) is 13.8 Å². The van der Waals surface area contributed by atoms with Crippen LogP contribution >= 0.6 is 0 Å². The van der Waals surface area contributed by atoms with Gasteiger partial charge in [-0.05, 0) is 31.1 Å². The van der Waals surface area contributed by atoms with Crippen LogP contribution in [-0.4, -0.2) is 93.1 Å². The number of rotatable bonds is 32. The van der Waals surface area contributed by atoms with Gasteiger partial charge in [0.05, 0.1) is 32.2 Å². The Bertz CT molecular complexity index is 1440. The molecule has 0 rings (SSSR count). The van der Waals surface area contributed by atoms with E-state index in [0.29, 0.717) is 6.42 Å². The fraction of sp³-hybridized carbons (Fsp3) is 0.889. The Morgan fingerprint density at radius 1 is 0.557 bits per heavy atom. The fourth-order valence-electron chi connectivity index (χ4n) is 5.03. The van der Waals surface area contributed by atoms with Gasteiger partial charge in [-0.25, -0.2) is 16.8 Å². The molecule has 1 N–H and O–H groups in total. The number of unbranched alkanes of at least 4 members (excludes halogenated alkanes) is 11. The zero-order chi connectivity index (χ0) is 44.5. The number of carbonyl (C=O) groups excluding carboxylic acids is 4. The first-order chi connectivity index (χ1) is 26.5. The smallest absolute Gasteiger partial charge is 0.747 e. The number of hydrogen-bond acceptors (Lipinski definition) is 17. The minimum Gasteiger partial charge on any atom is -0.747 e. The third kappa shape index (κ3) is 50.8. The first-order valence-corrected chi connectivity index (χ1v) is 24.0. The molecule has 0 fully saturated rings. The summed E-state index contributed by atoms with van der Waals surface area (Å²) in [6, 6.07) is 0. The average Bonchev–Trinajstić information content (AvgIpc) is 3.11. The molecule has 0 aromatic rings. The molecule has 0 aliphatic carbocycles. The van der Waals surface area contributed by atoms with Crippen LogP contribution in [0.2, 0.25) is 0 Å². The molecule has 0 aromatic heterocycles. The van der Waals surface area contributed by atoms with Crippen LogP contribution in [0, 0.1) is 11.8 Å². The summed E-state index contributed by atoms with van der Waals surface area (Å²) in [5.41, 5.74) is 0. The van der Waals surface area contributed by atoms with Crippen LogP contribution in [-0.2, 0) is 63.5 Å². The molecule has 61 heavy (non-hydrogen) atoms. The predicted molar refractivity (Wildman–Crippen MR) is 204 cm³/mol. The van der Waals surface area contributed by atoms with E-state index in [1.54, 1.807) is 0 Å². The van der Waals surface area contributed by atoms with Gasteiger partial charge in [0.1, 0.15) is 15.4 Å². The van der Waals surface area contributed by atoms with Gasteiger partial charge in [-0.1, -0.05) is 131 Å². The second-order valence-electron chi connectivity index (χ2n) is 13.6. The first-order valence-electron chi connectivity index (χ1n) is 19.7. The molecule has 0 bridgehead atoms. The van der Waals surface area contributed by atoms with Gasteiger partial charge in [0.15, 0.2) is 5.25 Å². The summed E-state index contributed by atoms with van der Waals surface area (Å²) in [5.74, 6) is -5.82. The van der Waals surface area contributed by atoms with E-state index in [4.69, 9.17) is 14.0 Å². The minimum absolute atomic E-state index is 0. The SMILES string of the molecule is CCCCC(CC)COC(=O)CC(C(=O)OCC(CC)CCCC)S(=O)(=O)[O-].CCCCCCCCCCCCOS(=O)(=O)[O-].O=C([O-])CC(C(=O)[O-])S(=O)(=O)O.[Na+].[Na+].[Na+].[Na+]. The van der Waals surface area contributed by atoms with Crippen LogP contribution in [0.1, 0.15) is 163 Å². The summed E-state index contributed by atoms with van der Waals surface area (Å²) in [5, 5.41) is 15.2. The Kier molecular flexibility index (Phi) is 58.8. The van der Waals surface area contributed by atoms with Crippen molar-refractivity contribution in [2.45, 2.75) is 174 Å². The summed E-state index contributed by atoms with van der Waals surface area (Å²) in [7, 11) is -14.4. The second-order valence-corrected chi connectivity index (χ2v) is 17.8. The third-order valence-electron chi connectivity index (χ3n) is 8.69. The fourth-order valence-corrected chi connectivity index (χ4v) is 6.58. The van der Waals surface area contributed by atoms with Gasteiger partial charge in [-0.3, -0.25) is 18.3 Å². The standard InChI is InChI=1S/C20H38O7S.C12H26O4S.C4H6O7S.4Na/c1-5-9-11-16(7-3)14-26-19(21)13-18(28(23,24)25)20(22)27-15-17(8-4)12-10-6-2;1-2-3-4-5-6-7-8-9-10-11-12-16-17(13,14)15;5-3(6)1-2(4(7)8)12(9,10)11;;;;/h16-18H,5-15H2,1-4H3,(H,23,24,25);2-12H2,1H3,(H,13,14,15);2H,1H2,(H,5,6)(H,7,8)(H,9,10,11);;;;/q;;;4*+1/p-4. The topological polar surface area (TPSA) is 311 Å². The van der Waals surface area contributed by atoms with Gasteiger partial charge in [0, 0.05) is 12.4 Å². The Morgan fingerprint density at radius 3 is 1.26 bits per heavy atom. The van der Waals surface area contributed by atoms with Gasteiger partial charge in [-0.15, -0.1) is 0 Å². The van der Waals surface area contributed by atoms with E-state index in [2.05, 4.69) is 25.0 Å². The number of aliphatic carboxylic acids is 2. The van der Waals surface area contributed by atoms with Gasteiger partial charge in [0.2, 0.25) is 10.4 Å². The van der Waals surface area contributed by atoms with E-state index in [-0.39, 0.29) is 150 Å². The number of carboxylic acid groups (broad SMARTS) is 2. The van der Waals surface area contributed by atoms with Crippen molar-refractivity contribution in [1.29, 1.82) is 0 Å². The van der Waals surface area contributed by atoms with Crippen molar-refractivity contribution in [3.63, 3.8) is 0 Å². The van der Waals surface area contributed by atoms with Gasteiger partial charge in [-0.2, -0.15) is 8.42 Å². The summed E-state index contributed by atoms with van der Waals surface area (Å²) in [6.07, 6.45) is 16.9. The monoisotopic (exact) mass is 974 g/mol. The molecule has 0 radical (unpaired) electrons. The largest absolute Gasteiger partial charge is 1.00 e. The molecular weight excluding hydrogens is 909 g/mol. The molecule has 0 saturated heterocycles. The van der Waals surface area contributed by atoms with E-state index in [1.165, 1.54) is 44.9 Å². The van der Waals surface area contributed by atoms with E-state index in [0.717, 1.165) is 64.2 Å². The summed E-state index contributed by atoms with van der Waals surface area (Å²) in [4.78, 5) is 43.9. The summed E-state index contributed by atoms with van der Waals surface area (Å²) < 4.78 is 107. The molecular formula is C36H66Na4O18S3. The van der Waals surface area contributed by atoms with Crippen molar-refractivity contribution in [1.82, 2.24) is 0 Å². The van der Waals surface area contributed by atoms with Crippen LogP contribution in [0.3, 0.4) is 0 Å². The molecule has 4 unspecified atom stereocenters. The number of ether oxygens (including phenoxy) is 2. The first kappa shape index (κ1) is 76.8. The molecule has 0 amide bonds. The summed E-state index contributed by atoms with van der Waals surface area (Å²) >= 11 is 0. The molecule has 0 aliphatic rings.